The molecule has 6 heteroatoms. The van der Waals surface area contributed by atoms with E-state index in [1.165, 1.54) is 0 Å². The Morgan fingerprint density at radius 1 is 1.24 bits per heavy atom. The number of piperidine rings is 1. The molecule has 25 heavy (non-hydrogen) atoms. The van der Waals surface area contributed by atoms with Gasteiger partial charge in [-0.25, -0.2) is 0 Å². The Morgan fingerprint density at radius 3 is 2.56 bits per heavy atom. The predicted octanol–water partition coefficient (Wildman–Crippen LogP) is 2.20. The van der Waals surface area contributed by atoms with Crippen LogP contribution in [0.15, 0.2) is 18.2 Å². The molecule has 2 heterocycles. The lowest BCUT2D eigenvalue weighted by atomic mass is 9.98. The maximum absolute atomic E-state index is 13.3. The fourth-order valence-corrected chi connectivity index (χ4v) is 3.98. The molecule has 0 spiro atoms. The van der Waals surface area contributed by atoms with Crippen molar-refractivity contribution in [1.82, 2.24) is 4.90 Å². The second-order valence-corrected chi connectivity index (χ2v) is 6.78. The molecule has 2 aliphatic heterocycles. The van der Waals surface area contributed by atoms with Gasteiger partial charge >= 0.3 is 0 Å². The Hall–Kier alpha value is -1.79. The van der Waals surface area contributed by atoms with E-state index in [1.54, 1.807) is 20.3 Å². The molecule has 138 valence electrons. The zero-order valence-corrected chi connectivity index (χ0v) is 15.1. The monoisotopic (exact) mass is 348 g/mol. The lowest BCUT2D eigenvalue weighted by Crippen LogP contribution is -2.48. The van der Waals surface area contributed by atoms with Gasteiger partial charge in [0.05, 0.1) is 25.4 Å². The zero-order valence-electron chi connectivity index (χ0n) is 15.1. The number of fused-ring (bicyclic) bond motifs is 2. The lowest BCUT2D eigenvalue weighted by molar-refractivity contribution is 0.00805. The normalized spacial score (nSPS) is 25.1. The van der Waals surface area contributed by atoms with Gasteiger partial charge in [0.2, 0.25) is 0 Å². The highest BCUT2D eigenvalue weighted by Crippen LogP contribution is 2.39. The average Bonchev–Trinajstić information content (AvgIpc) is 2.91. The summed E-state index contributed by atoms with van der Waals surface area (Å²) in [6.07, 6.45) is 4.92. The average molecular weight is 348 g/mol. The first-order valence-electron chi connectivity index (χ1n) is 9.04. The first kappa shape index (κ1) is 18.0. The van der Waals surface area contributed by atoms with E-state index in [0.717, 1.165) is 32.1 Å². The second-order valence-electron chi connectivity index (χ2n) is 6.78. The smallest absolute Gasteiger partial charge is 0.258 e. The van der Waals surface area contributed by atoms with Gasteiger partial charge in [-0.1, -0.05) is 0 Å². The molecule has 1 aromatic carbocycles. The van der Waals surface area contributed by atoms with Crippen LogP contribution in [0.25, 0.3) is 0 Å². The van der Waals surface area contributed by atoms with Crippen LogP contribution in [0.5, 0.6) is 11.5 Å². The van der Waals surface area contributed by atoms with Crippen LogP contribution >= 0.6 is 0 Å². The topological polar surface area (TPSA) is 74.0 Å². The Morgan fingerprint density at radius 2 is 1.96 bits per heavy atom. The van der Waals surface area contributed by atoms with E-state index >= 15 is 0 Å². The van der Waals surface area contributed by atoms with E-state index in [4.69, 9.17) is 19.9 Å². The Labute approximate surface area is 149 Å². The molecule has 2 bridgehead atoms. The fraction of sp³-hybridized carbons (Fsp3) is 0.632. The molecule has 1 amide bonds. The Bertz CT molecular complexity index is 593. The van der Waals surface area contributed by atoms with Gasteiger partial charge in [-0.15, -0.1) is 0 Å². The van der Waals surface area contributed by atoms with Crippen molar-refractivity contribution in [3.63, 3.8) is 0 Å². The molecule has 0 saturated carbocycles. The highest BCUT2D eigenvalue weighted by Gasteiger charge is 2.44. The van der Waals surface area contributed by atoms with Crippen molar-refractivity contribution in [1.29, 1.82) is 0 Å². The summed E-state index contributed by atoms with van der Waals surface area (Å²) in [4.78, 5) is 15.3. The minimum absolute atomic E-state index is 0.0312. The van der Waals surface area contributed by atoms with E-state index in [2.05, 4.69) is 0 Å². The van der Waals surface area contributed by atoms with E-state index in [-0.39, 0.29) is 24.1 Å². The summed E-state index contributed by atoms with van der Waals surface area (Å²) in [6, 6.07) is 5.91. The maximum atomic E-state index is 13.3. The molecule has 2 saturated heterocycles. The maximum Gasteiger partial charge on any atom is 0.258 e. The molecule has 0 aromatic heterocycles. The van der Waals surface area contributed by atoms with Crippen molar-refractivity contribution in [3.05, 3.63) is 23.8 Å². The largest absolute Gasteiger partial charge is 0.497 e. The van der Waals surface area contributed by atoms with Crippen molar-refractivity contribution in [2.75, 3.05) is 27.4 Å². The van der Waals surface area contributed by atoms with Crippen molar-refractivity contribution in [2.45, 2.75) is 50.3 Å². The third-order valence-electron chi connectivity index (χ3n) is 5.28. The number of carbonyl (C=O) groups is 1. The van der Waals surface area contributed by atoms with Crippen molar-refractivity contribution < 1.29 is 19.0 Å². The van der Waals surface area contributed by atoms with Crippen molar-refractivity contribution in [3.8, 4) is 11.5 Å². The van der Waals surface area contributed by atoms with Crippen LogP contribution in [-0.4, -0.2) is 56.4 Å². The number of nitrogens with two attached hydrogens (primary N) is 1. The molecule has 0 aliphatic carbocycles. The zero-order chi connectivity index (χ0) is 17.8. The quantitative estimate of drug-likeness (QED) is 0.765. The summed E-state index contributed by atoms with van der Waals surface area (Å²) in [5.41, 5.74) is 6.11. The minimum atomic E-state index is 0.0312. The van der Waals surface area contributed by atoms with Gasteiger partial charge in [0.1, 0.15) is 11.5 Å². The van der Waals surface area contributed by atoms with E-state index in [0.29, 0.717) is 30.2 Å². The predicted molar refractivity (Wildman–Crippen MR) is 95.2 cm³/mol. The number of carbonyl (C=O) groups excluding carboxylic acids is 1. The number of hydrogen-bond donors (Lipinski definition) is 1. The first-order chi connectivity index (χ1) is 12.2. The number of benzene rings is 1. The number of nitrogens with zero attached hydrogens (tertiary/aromatic N) is 1. The van der Waals surface area contributed by atoms with E-state index in [9.17, 15) is 4.79 Å². The van der Waals surface area contributed by atoms with Crippen LogP contribution in [0, 0.1) is 0 Å². The molecular weight excluding hydrogens is 320 g/mol. The number of rotatable bonds is 7. The molecule has 0 radical (unpaired) electrons. The summed E-state index contributed by atoms with van der Waals surface area (Å²) in [6.45, 7) is 1.07. The van der Waals surface area contributed by atoms with E-state index in [1.807, 2.05) is 17.0 Å². The molecule has 3 atom stereocenters. The van der Waals surface area contributed by atoms with Crippen LogP contribution in [0.4, 0.5) is 0 Å². The third-order valence-corrected chi connectivity index (χ3v) is 5.28. The van der Waals surface area contributed by atoms with Crippen LogP contribution < -0.4 is 15.2 Å². The highest BCUT2D eigenvalue weighted by molar-refractivity contribution is 5.98. The van der Waals surface area contributed by atoms with Crippen LogP contribution in [-0.2, 0) is 4.74 Å². The van der Waals surface area contributed by atoms with Crippen LogP contribution in [0.3, 0.4) is 0 Å². The van der Waals surface area contributed by atoms with Crippen molar-refractivity contribution >= 4 is 5.91 Å². The van der Waals surface area contributed by atoms with Gasteiger partial charge in [-0.2, -0.15) is 0 Å². The summed E-state index contributed by atoms with van der Waals surface area (Å²) in [5, 5.41) is 0. The number of ether oxygens (including phenoxy) is 3. The summed E-state index contributed by atoms with van der Waals surface area (Å²) in [7, 11) is 3.36. The first-order valence-corrected chi connectivity index (χ1v) is 9.04. The molecule has 2 N–H and O–H groups in total. The third kappa shape index (κ3) is 3.75. The van der Waals surface area contributed by atoms with Gasteiger partial charge in [0, 0.05) is 19.2 Å². The summed E-state index contributed by atoms with van der Waals surface area (Å²) < 4.78 is 16.7. The number of amides is 1. The molecule has 6 nitrogen and oxygen atoms in total. The Balaban J connectivity index is 1.83. The summed E-state index contributed by atoms with van der Waals surface area (Å²) in [5.74, 6) is 1.30. The van der Waals surface area contributed by atoms with Gasteiger partial charge in [0.15, 0.2) is 0 Å². The van der Waals surface area contributed by atoms with Crippen molar-refractivity contribution in [2.24, 2.45) is 5.73 Å². The van der Waals surface area contributed by atoms with Crippen LogP contribution in [0.2, 0.25) is 0 Å². The number of methoxy groups -OCH3 is 2. The fourth-order valence-electron chi connectivity index (χ4n) is 3.98. The van der Waals surface area contributed by atoms with Crippen LogP contribution in [0.1, 0.15) is 42.5 Å². The van der Waals surface area contributed by atoms with Gasteiger partial charge in [-0.05, 0) is 56.8 Å². The lowest BCUT2D eigenvalue weighted by Gasteiger charge is -2.38. The Kier molecular flexibility index (Phi) is 5.81. The molecule has 2 aliphatic rings. The summed E-state index contributed by atoms with van der Waals surface area (Å²) >= 11 is 0. The van der Waals surface area contributed by atoms with E-state index < -0.39 is 0 Å². The number of hydrogen-bond acceptors (Lipinski definition) is 5. The standard InChI is InChI=1S/C19H28N2O4/c1-23-15-6-7-18(25-9-3-8-20)17(12-15)19(22)21-13-4-5-14(21)11-16(10-13)24-2/h6-7,12-14,16H,3-5,8-11,20H2,1-2H3/t13-,14+,16?. The molecule has 1 aromatic rings. The molecule has 3 rings (SSSR count). The van der Waals surface area contributed by atoms with Gasteiger partial charge in [-0.3, -0.25) is 4.79 Å². The highest BCUT2D eigenvalue weighted by atomic mass is 16.5. The molecule has 1 unspecified atom stereocenters. The molecule has 2 fully saturated rings. The van der Waals surface area contributed by atoms with Gasteiger partial charge in [0.25, 0.3) is 5.91 Å². The minimum Gasteiger partial charge on any atom is -0.497 e. The SMILES string of the molecule is COc1ccc(OCCCN)c(C(=O)N2[C@@H]3CC[C@H]2CC(OC)C3)c1. The second kappa shape index (κ2) is 8.06. The van der Waals surface area contributed by atoms with Gasteiger partial charge < -0.3 is 24.8 Å². The molecular formula is C19H28N2O4.